The van der Waals surface area contributed by atoms with E-state index in [4.69, 9.17) is 0 Å². The molecule has 2 aromatic heterocycles. The number of anilines is 2. The number of carbonyl (C=O) groups excluding carboxylic acids is 1. The topological polar surface area (TPSA) is 73.9 Å². The lowest BCUT2D eigenvalue weighted by atomic mass is 9.93. The molecule has 2 N–H and O–H groups in total. The van der Waals surface area contributed by atoms with Gasteiger partial charge in [-0.3, -0.25) is 9.89 Å². The highest BCUT2D eigenvalue weighted by atomic mass is 32.1. The summed E-state index contributed by atoms with van der Waals surface area (Å²) in [5.41, 5.74) is 4.22. The summed E-state index contributed by atoms with van der Waals surface area (Å²) < 4.78 is 29.7. The van der Waals surface area contributed by atoms with E-state index in [1.165, 1.54) is 11.3 Å². The van der Waals surface area contributed by atoms with E-state index in [9.17, 15) is 9.18 Å². The number of fused-ring (bicyclic) bond motifs is 2. The summed E-state index contributed by atoms with van der Waals surface area (Å²) in [6, 6.07) is 5.73. The second-order valence-electron chi connectivity index (χ2n) is 8.09. The van der Waals surface area contributed by atoms with Crippen molar-refractivity contribution in [3.05, 3.63) is 35.8 Å². The van der Waals surface area contributed by atoms with Gasteiger partial charge in [-0.2, -0.15) is 5.10 Å². The molecule has 1 aliphatic carbocycles. The summed E-state index contributed by atoms with van der Waals surface area (Å²) in [6.45, 7) is 4.59. The molecule has 0 bridgehead atoms. The number of thiazole rings is 1. The first-order chi connectivity index (χ1) is 15.4. The number of nitrogens with zero attached hydrogens (tertiary/aromatic N) is 3. The zero-order chi connectivity index (χ0) is 22.6. The molecule has 1 saturated carbocycles. The standard InChI is InChI=1S/C23H23F2N5OS/c1-4-12-18(14-10-26-29-20(14)21(19(12)25)30(3)5-2)11-6-7-16-17(8-11)32-23(27-16)28-22(31)13-9-15(13)24/h6-8,10,13,15H,4-5,9H2,1-3H3,(H,26,29)(H,27,28,31)/t13-,15+/m1/s1. The van der Waals surface area contributed by atoms with Crippen molar-refractivity contribution in [2.45, 2.75) is 32.9 Å². The third-order valence-electron chi connectivity index (χ3n) is 6.09. The number of H-pyrrole nitrogens is 1. The summed E-state index contributed by atoms with van der Waals surface area (Å²) in [5.74, 6) is -1.14. The minimum absolute atomic E-state index is 0.244. The highest BCUT2D eigenvalue weighted by Crippen LogP contribution is 2.42. The van der Waals surface area contributed by atoms with E-state index in [-0.39, 0.29) is 18.1 Å². The fraction of sp³-hybridized carbons (Fsp3) is 0.348. The summed E-state index contributed by atoms with van der Waals surface area (Å²) in [7, 11) is 1.86. The zero-order valence-corrected chi connectivity index (χ0v) is 18.8. The normalized spacial score (nSPS) is 17.8. The van der Waals surface area contributed by atoms with Gasteiger partial charge in [0.15, 0.2) is 10.9 Å². The van der Waals surface area contributed by atoms with Crippen LogP contribution in [-0.4, -0.2) is 40.9 Å². The quantitative estimate of drug-likeness (QED) is 0.414. The predicted molar refractivity (Wildman–Crippen MR) is 125 cm³/mol. The molecule has 0 unspecified atom stereocenters. The fourth-order valence-corrected chi connectivity index (χ4v) is 5.03. The van der Waals surface area contributed by atoms with Gasteiger partial charge in [0.25, 0.3) is 0 Å². The predicted octanol–water partition coefficient (Wildman–Crippen LogP) is 5.29. The Kier molecular flexibility index (Phi) is 5.08. The number of aromatic nitrogens is 3. The van der Waals surface area contributed by atoms with Crippen LogP contribution in [0, 0.1) is 11.7 Å². The van der Waals surface area contributed by atoms with Gasteiger partial charge in [-0.25, -0.2) is 13.8 Å². The van der Waals surface area contributed by atoms with Crippen molar-refractivity contribution in [1.82, 2.24) is 15.2 Å². The lowest BCUT2D eigenvalue weighted by molar-refractivity contribution is -0.117. The third kappa shape index (κ3) is 3.31. The van der Waals surface area contributed by atoms with Gasteiger partial charge >= 0.3 is 0 Å². The fourth-order valence-electron chi connectivity index (χ4n) is 4.13. The molecule has 2 aromatic carbocycles. The number of rotatable bonds is 6. The summed E-state index contributed by atoms with van der Waals surface area (Å²) >= 11 is 1.33. The van der Waals surface area contributed by atoms with Crippen LogP contribution in [0.1, 0.15) is 25.8 Å². The van der Waals surface area contributed by atoms with Gasteiger partial charge in [-0.05, 0) is 48.6 Å². The lowest BCUT2D eigenvalue weighted by Gasteiger charge is -2.22. The molecule has 32 heavy (non-hydrogen) atoms. The van der Waals surface area contributed by atoms with Gasteiger partial charge < -0.3 is 10.2 Å². The molecule has 6 nitrogen and oxygen atoms in total. The van der Waals surface area contributed by atoms with Gasteiger partial charge in [-0.1, -0.05) is 24.3 Å². The molecule has 1 fully saturated rings. The van der Waals surface area contributed by atoms with E-state index in [0.29, 0.717) is 34.9 Å². The van der Waals surface area contributed by atoms with Crippen molar-refractivity contribution < 1.29 is 13.6 Å². The van der Waals surface area contributed by atoms with Crippen molar-refractivity contribution in [3.63, 3.8) is 0 Å². The molecular formula is C23H23F2N5OS. The number of benzene rings is 2. The Morgan fingerprint density at radius 2 is 2.16 bits per heavy atom. The van der Waals surface area contributed by atoms with Crippen LogP contribution >= 0.6 is 11.3 Å². The maximum absolute atomic E-state index is 15.7. The number of aromatic amines is 1. The average Bonchev–Trinajstić information content (AvgIpc) is 3.15. The molecule has 1 amide bonds. The maximum atomic E-state index is 15.7. The first-order valence-electron chi connectivity index (χ1n) is 10.7. The monoisotopic (exact) mass is 455 g/mol. The maximum Gasteiger partial charge on any atom is 0.232 e. The molecule has 166 valence electrons. The molecule has 1 aliphatic rings. The van der Waals surface area contributed by atoms with Gasteiger partial charge in [0, 0.05) is 19.0 Å². The van der Waals surface area contributed by atoms with E-state index >= 15 is 4.39 Å². The molecular weight excluding hydrogens is 432 g/mol. The summed E-state index contributed by atoms with van der Waals surface area (Å²) in [5, 5.41) is 11.2. The molecule has 0 spiro atoms. The van der Waals surface area contributed by atoms with Crippen LogP contribution in [0.4, 0.5) is 19.6 Å². The largest absolute Gasteiger partial charge is 0.371 e. The van der Waals surface area contributed by atoms with Crippen LogP contribution < -0.4 is 10.2 Å². The van der Waals surface area contributed by atoms with Crippen molar-refractivity contribution in [1.29, 1.82) is 0 Å². The van der Waals surface area contributed by atoms with Gasteiger partial charge in [0.1, 0.15) is 6.17 Å². The molecule has 9 heteroatoms. The number of amides is 1. The second-order valence-corrected chi connectivity index (χ2v) is 9.12. The SMILES string of the molecule is CCc1c(F)c(N(C)CC)c2[nH]ncc2c1-c1ccc2nc(NC(=O)[C@@H]3C[C@@H]3F)sc2c1. The van der Waals surface area contributed by atoms with E-state index in [0.717, 1.165) is 26.7 Å². The van der Waals surface area contributed by atoms with E-state index in [2.05, 4.69) is 20.5 Å². The van der Waals surface area contributed by atoms with Crippen molar-refractivity contribution in [2.24, 2.45) is 5.92 Å². The Balaban J connectivity index is 1.61. The number of nitrogens with one attached hydrogen (secondary N) is 2. The van der Waals surface area contributed by atoms with Crippen LogP contribution in [0.25, 0.3) is 32.2 Å². The smallest absolute Gasteiger partial charge is 0.232 e. The van der Waals surface area contributed by atoms with E-state index < -0.39 is 12.1 Å². The third-order valence-corrected chi connectivity index (χ3v) is 7.02. The van der Waals surface area contributed by atoms with Gasteiger partial charge in [-0.15, -0.1) is 0 Å². The minimum atomic E-state index is -1.05. The van der Waals surface area contributed by atoms with Crippen LogP contribution in [0.5, 0.6) is 0 Å². The first kappa shape index (κ1) is 20.8. The number of hydrogen-bond donors (Lipinski definition) is 2. The summed E-state index contributed by atoms with van der Waals surface area (Å²) in [6.07, 6.45) is 1.49. The van der Waals surface area contributed by atoms with Crippen LogP contribution in [-0.2, 0) is 11.2 Å². The Hall–Kier alpha value is -3.07. The molecule has 2 heterocycles. The number of carbonyl (C=O) groups is 1. The molecule has 5 rings (SSSR count). The van der Waals surface area contributed by atoms with Crippen molar-refractivity contribution in [3.8, 4) is 11.1 Å². The number of halogens is 2. The Bertz CT molecular complexity index is 1350. The van der Waals surface area contributed by atoms with Crippen LogP contribution in [0.2, 0.25) is 0 Å². The second kappa shape index (κ2) is 7.81. The molecule has 0 saturated heterocycles. The number of hydrogen-bond acceptors (Lipinski definition) is 5. The highest BCUT2D eigenvalue weighted by Gasteiger charge is 2.43. The minimum Gasteiger partial charge on any atom is -0.371 e. The Labute approximate surface area is 187 Å². The van der Waals surface area contributed by atoms with Crippen molar-refractivity contribution in [2.75, 3.05) is 23.8 Å². The average molecular weight is 456 g/mol. The van der Waals surface area contributed by atoms with Gasteiger partial charge in [0.2, 0.25) is 5.91 Å². The van der Waals surface area contributed by atoms with E-state index in [1.807, 2.05) is 44.0 Å². The first-order valence-corrected chi connectivity index (χ1v) is 11.5. The molecule has 0 radical (unpaired) electrons. The summed E-state index contributed by atoms with van der Waals surface area (Å²) in [4.78, 5) is 18.4. The van der Waals surface area contributed by atoms with Crippen molar-refractivity contribution >= 4 is 49.2 Å². The Morgan fingerprint density at radius 1 is 1.38 bits per heavy atom. The molecule has 0 aliphatic heterocycles. The highest BCUT2D eigenvalue weighted by molar-refractivity contribution is 7.22. The zero-order valence-electron chi connectivity index (χ0n) is 18.0. The molecule has 2 atom stereocenters. The van der Waals surface area contributed by atoms with Crippen LogP contribution in [0.3, 0.4) is 0 Å². The van der Waals surface area contributed by atoms with Gasteiger partial charge in [0.05, 0.1) is 33.5 Å². The lowest BCUT2D eigenvalue weighted by Crippen LogP contribution is -2.19. The molecule has 4 aromatic rings. The van der Waals surface area contributed by atoms with Crippen LogP contribution in [0.15, 0.2) is 24.4 Å². The Morgan fingerprint density at radius 3 is 2.84 bits per heavy atom. The number of alkyl halides is 1. The van der Waals surface area contributed by atoms with E-state index in [1.54, 1.807) is 6.20 Å².